The van der Waals surface area contributed by atoms with E-state index in [1.165, 1.54) is 30.4 Å². The van der Waals surface area contributed by atoms with Gasteiger partial charge in [0.15, 0.2) is 0 Å². The molecule has 0 saturated heterocycles. The Hall–Kier alpha value is -0.763. The van der Waals surface area contributed by atoms with Crippen LogP contribution in [0.5, 0.6) is 5.75 Å². The van der Waals surface area contributed by atoms with Crippen LogP contribution in [0.3, 0.4) is 0 Å². The molecule has 0 aliphatic heterocycles. The van der Waals surface area contributed by atoms with Crippen LogP contribution in [0, 0.1) is 12.3 Å². The average Bonchev–Trinajstić information content (AvgIpc) is 2.56. The van der Waals surface area contributed by atoms with Crippen LogP contribution in [0.15, 0.2) is 18.2 Å². The van der Waals surface area contributed by atoms with Crippen molar-refractivity contribution in [1.29, 1.82) is 0 Å². The Morgan fingerprint density at radius 1 is 1.05 bits per heavy atom. The van der Waals surface area contributed by atoms with Gasteiger partial charge in [0.1, 0.15) is 5.75 Å². The van der Waals surface area contributed by atoms with E-state index in [2.05, 4.69) is 65.5 Å². The molecule has 0 heterocycles. The summed E-state index contributed by atoms with van der Waals surface area (Å²) in [6.45, 7) is 16.2. The van der Waals surface area contributed by atoms with Gasteiger partial charge in [0.25, 0.3) is 0 Å². The molecule has 0 aromatic heterocycles. The van der Waals surface area contributed by atoms with E-state index in [4.69, 9.17) is 4.43 Å². The van der Waals surface area contributed by atoms with Crippen molar-refractivity contribution in [3.05, 3.63) is 29.3 Å². The van der Waals surface area contributed by atoms with E-state index in [0.717, 1.165) is 5.75 Å². The molecule has 1 unspecified atom stereocenters. The van der Waals surface area contributed by atoms with Crippen LogP contribution in [-0.4, -0.2) is 8.32 Å². The van der Waals surface area contributed by atoms with Crippen LogP contribution in [0.25, 0.3) is 0 Å². The number of benzene rings is 1. The summed E-state index contributed by atoms with van der Waals surface area (Å²) in [6.07, 6.45) is 3.94. The lowest BCUT2D eigenvalue weighted by atomic mass is 9.65. The van der Waals surface area contributed by atoms with Crippen LogP contribution in [0.1, 0.15) is 51.2 Å². The van der Waals surface area contributed by atoms with Gasteiger partial charge in [-0.3, -0.25) is 0 Å². The molecule has 2 rings (SSSR count). The molecule has 0 N–H and O–H groups in total. The quantitative estimate of drug-likeness (QED) is 0.651. The molecule has 1 saturated carbocycles. The predicted molar refractivity (Wildman–Crippen MR) is 90.1 cm³/mol. The van der Waals surface area contributed by atoms with Crippen LogP contribution >= 0.6 is 0 Å². The minimum absolute atomic E-state index is 0.276. The monoisotopic (exact) mass is 290 g/mol. The van der Waals surface area contributed by atoms with Crippen LogP contribution in [0.4, 0.5) is 0 Å². The summed E-state index contributed by atoms with van der Waals surface area (Å²) >= 11 is 0. The maximum absolute atomic E-state index is 6.28. The van der Waals surface area contributed by atoms with E-state index >= 15 is 0 Å². The summed E-state index contributed by atoms with van der Waals surface area (Å²) in [6, 6.07) is 6.88. The molecule has 112 valence electrons. The Kier molecular flexibility index (Phi) is 3.83. The molecule has 1 aliphatic carbocycles. The summed E-state index contributed by atoms with van der Waals surface area (Å²) in [4.78, 5) is 0. The highest BCUT2D eigenvalue weighted by molar-refractivity contribution is 6.70. The molecular formula is C18H30OSi. The third-order valence-corrected chi connectivity index (χ3v) is 6.05. The van der Waals surface area contributed by atoms with Gasteiger partial charge < -0.3 is 4.43 Å². The molecule has 1 aliphatic rings. The van der Waals surface area contributed by atoms with Gasteiger partial charge in [0.2, 0.25) is 8.32 Å². The zero-order chi connectivity index (χ0) is 15.2. The highest BCUT2D eigenvalue weighted by Gasteiger charge is 2.46. The fourth-order valence-electron chi connectivity index (χ4n) is 3.42. The number of hydrogen-bond acceptors (Lipinski definition) is 1. The molecule has 1 fully saturated rings. The average molecular weight is 291 g/mol. The molecule has 2 heteroatoms. The minimum atomic E-state index is -1.55. The predicted octanol–water partition coefficient (Wildman–Crippen LogP) is 5.68. The minimum Gasteiger partial charge on any atom is -0.544 e. The molecule has 0 bridgehead atoms. The molecule has 0 spiro atoms. The summed E-state index contributed by atoms with van der Waals surface area (Å²) in [5.41, 5.74) is 3.37. The van der Waals surface area contributed by atoms with Crippen molar-refractivity contribution in [2.24, 2.45) is 5.41 Å². The van der Waals surface area contributed by atoms with E-state index in [1.807, 2.05) is 0 Å². The third kappa shape index (κ3) is 2.81. The van der Waals surface area contributed by atoms with E-state index in [0.29, 0.717) is 5.41 Å². The number of hydrogen-bond donors (Lipinski definition) is 0. The Balaban J connectivity index is 2.42. The fourth-order valence-corrected chi connectivity index (χ4v) is 4.30. The van der Waals surface area contributed by atoms with Crippen LogP contribution < -0.4 is 4.43 Å². The molecule has 0 amide bonds. The summed E-state index contributed by atoms with van der Waals surface area (Å²) in [5, 5.41) is 0. The van der Waals surface area contributed by atoms with Crippen molar-refractivity contribution >= 4 is 8.32 Å². The lowest BCUT2D eigenvalue weighted by Crippen LogP contribution is -2.34. The van der Waals surface area contributed by atoms with Crippen molar-refractivity contribution in [2.45, 2.75) is 72.0 Å². The van der Waals surface area contributed by atoms with Crippen LogP contribution in [-0.2, 0) is 5.41 Å². The van der Waals surface area contributed by atoms with Gasteiger partial charge in [-0.15, -0.1) is 0 Å². The van der Waals surface area contributed by atoms with Crippen molar-refractivity contribution < 1.29 is 4.43 Å². The smallest absolute Gasteiger partial charge is 0.242 e. The van der Waals surface area contributed by atoms with E-state index < -0.39 is 8.32 Å². The highest BCUT2D eigenvalue weighted by atomic mass is 28.4. The normalized spacial score (nSPS) is 25.8. The zero-order valence-electron chi connectivity index (χ0n) is 14.3. The second-order valence-electron chi connectivity index (χ2n) is 8.26. The standard InChI is InChI=1S/C18H30OSi/c1-14-9-10-15(13-16(14)19-20(5,6)7)18(4)12-8-11-17(18,2)3/h9-10,13H,8,11-12H2,1-7H3. The van der Waals surface area contributed by atoms with Gasteiger partial charge >= 0.3 is 0 Å². The SMILES string of the molecule is Cc1ccc(C2(C)CCCC2(C)C)cc1O[Si](C)(C)C. The molecule has 1 aromatic rings. The van der Waals surface area contributed by atoms with Gasteiger partial charge in [-0.1, -0.05) is 39.3 Å². The molecule has 20 heavy (non-hydrogen) atoms. The topological polar surface area (TPSA) is 9.23 Å². The summed E-state index contributed by atoms with van der Waals surface area (Å²) in [7, 11) is -1.55. The van der Waals surface area contributed by atoms with Gasteiger partial charge in [-0.25, -0.2) is 0 Å². The van der Waals surface area contributed by atoms with Gasteiger partial charge in [0.05, 0.1) is 0 Å². The zero-order valence-corrected chi connectivity index (χ0v) is 15.3. The third-order valence-electron chi connectivity index (χ3n) is 5.21. The first-order valence-corrected chi connectivity index (χ1v) is 11.3. The van der Waals surface area contributed by atoms with Crippen LogP contribution in [0.2, 0.25) is 19.6 Å². The Labute approximate surface area is 125 Å². The van der Waals surface area contributed by atoms with Gasteiger partial charge in [-0.05, 0) is 67.4 Å². The highest BCUT2D eigenvalue weighted by Crippen LogP contribution is 2.54. The van der Waals surface area contributed by atoms with Crippen molar-refractivity contribution in [3.63, 3.8) is 0 Å². The van der Waals surface area contributed by atoms with Gasteiger partial charge in [0, 0.05) is 0 Å². The first kappa shape index (κ1) is 15.6. The van der Waals surface area contributed by atoms with E-state index in [-0.39, 0.29) is 5.41 Å². The van der Waals surface area contributed by atoms with Crippen molar-refractivity contribution in [3.8, 4) is 5.75 Å². The molecule has 1 atom stereocenters. The number of aryl methyl sites for hydroxylation is 1. The maximum Gasteiger partial charge on any atom is 0.242 e. The van der Waals surface area contributed by atoms with Gasteiger partial charge in [-0.2, -0.15) is 0 Å². The first-order valence-electron chi connectivity index (χ1n) is 7.85. The second kappa shape index (κ2) is 4.90. The Bertz CT molecular complexity index is 499. The van der Waals surface area contributed by atoms with E-state index in [1.54, 1.807) is 0 Å². The van der Waals surface area contributed by atoms with E-state index in [9.17, 15) is 0 Å². The fraction of sp³-hybridized carbons (Fsp3) is 0.667. The largest absolute Gasteiger partial charge is 0.544 e. The number of rotatable bonds is 3. The Morgan fingerprint density at radius 2 is 1.70 bits per heavy atom. The van der Waals surface area contributed by atoms with Crippen molar-refractivity contribution in [2.75, 3.05) is 0 Å². The Morgan fingerprint density at radius 3 is 2.20 bits per heavy atom. The molecule has 1 nitrogen and oxygen atoms in total. The lowest BCUT2D eigenvalue weighted by Gasteiger charge is -2.39. The molecular weight excluding hydrogens is 260 g/mol. The lowest BCUT2D eigenvalue weighted by molar-refractivity contribution is 0.224. The first-order chi connectivity index (χ1) is 9.05. The second-order valence-corrected chi connectivity index (χ2v) is 12.7. The summed E-state index contributed by atoms with van der Waals surface area (Å²) in [5.74, 6) is 1.10. The summed E-state index contributed by atoms with van der Waals surface area (Å²) < 4.78 is 6.28. The molecule has 1 aromatic carbocycles. The molecule has 0 radical (unpaired) electrons. The maximum atomic E-state index is 6.28. The van der Waals surface area contributed by atoms with Crippen molar-refractivity contribution in [1.82, 2.24) is 0 Å².